The lowest BCUT2D eigenvalue weighted by Crippen LogP contribution is -2.02. The van der Waals surface area contributed by atoms with E-state index in [-0.39, 0.29) is 6.01 Å². The molecule has 1 fully saturated rings. The second-order valence-corrected chi connectivity index (χ2v) is 6.93. The topological polar surface area (TPSA) is 130 Å². The molecule has 1 aliphatic rings. The zero-order valence-corrected chi connectivity index (χ0v) is 15.1. The predicted octanol–water partition coefficient (Wildman–Crippen LogP) is 3.43. The molecule has 142 valence electrons. The van der Waals surface area contributed by atoms with Gasteiger partial charge in [-0.1, -0.05) is 0 Å². The maximum Gasteiger partial charge on any atom is 0.324 e. The van der Waals surface area contributed by atoms with Crippen molar-refractivity contribution in [2.45, 2.75) is 18.8 Å². The minimum atomic E-state index is 0.215. The predicted molar refractivity (Wildman–Crippen MR) is 105 cm³/mol. The first-order valence-corrected chi connectivity index (χ1v) is 9.24. The van der Waals surface area contributed by atoms with Crippen molar-refractivity contribution in [1.82, 2.24) is 40.6 Å². The molecule has 0 amide bonds. The summed E-state index contributed by atoms with van der Waals surface area (Å²) in [5.74, 6) is 2.33. The number of hydrogen-bond acceptors (Lipinski definition) is 8. The van der Waals surface area contributed by atoms with Crippen molar-refractivity contribution in [3.63, 3.8) is 0 Å². The summed E-state index contributed by atoms with van der Waals surface area (Å²) in [6.45, 7) is 0. The quantitative estimate of drug-likeness (QED) is 0.419. The van der Waals surface area contributed by atoms with E-state index >= 15 is 0 Å². The molecule has 0 aliphatic heterocycles. The summed E-state index contributed by atoms with van der Waals surface area (Å²) in [5.41, 5.74) is 2.53. The molecule has 4 aromatic heterocycles. The summed E-state index contributed by atoms with van der Waals surface area (Å²) < 4.78 is 5.94. The van der Waals surface area contributed by atoms with Crippen molar-refractivity contribution < 1.29 is 4.74 Å². The Morgan fingerprint density at radius 2 is 2.00 bits per heavy atom. The van der Waals surface area contributed by atoms with Crippen molar-refractivity contribution in [3.05, 3.63) is 48.5 Å². The van der Waals surface area contributed by atoms with Crippen molar-refractivity contribution >= 4 is 33.4 Å². The number of pyridine rings is 1. The molecule has 0 atom stereocenters. The molecule has 0 unspecified atom stereocenters. The first-order valence-electron chi connectivity index (χ1n) is 9.24. The number of aromatic amines is 2. The first-order chi connectivity index (χ1) is 14.3. The molecule has 6 rings (SSSR count). The average molecular weight is 385 g/mol. The van der Waals surface area contributed by atoms with E-state index in [1.807, 2.05) is 24.3 Å². The maximum atomic E-state index is 5.94. The number of aromatic nitrogens is 8. The third kappa shape index (κ3) is 2.90. The van der Waals surface area contributed by atoms with Gasteiger partial charge in [-0.25, -0.2) is 0 Å². The summed E-state index contributed by atoms with van der Waals surface area (Å²) in [5, 5.41) is 23.2. The van der Waals surface area contributed by atoms with Gasteiger partial charge in [0, 0.05) is 22.9 Å². The maximum absolute atomic E-state index is 5.94. The highest BCUT2D eigenvalue weighted by Crippen LogP contribution is 2.42. The summed E-state index contributed by atoms with van der Waals surface area (Å²) in [6.07, 6.45) is 7.37. The fraction of sp³-hybridized carbons (Fsp3) is 0.158. The second kappa shape index (κ2) is 6.23. The highest BCUT2D eigenvalue weighted by atomic mass is 16.5. The van der Waals surface area contributed by atoms with Crippen LogP contribution in [-0.2, 0) is 0 Å². The number of nitrogens with zero attached hydrogens (tertiary/aromatic N) is 6. The van der Waals surface area contributed by atoms with Crippen LogP contribution in [0.25, 0.3) is 21.8 Å². The van der Waals surface area contributed by atoms with Gasteiger partial charge in [-0.3, -0.25) is 10.1 Å². The van der Waals surface area contributed by atoms with E-state index in [0.717, 1.165) is 34.8 Å². The molecule has 4 heterocycles. The van der Waals surface area contributed by atoms with E-state index in [9.17, 15) is 0 Å². The normalized spacial score (nSPS) is 13.8. The minimum Gasteiger partial charge on any atom is -0.424 e. The Labute approximate surface area is 163 Å². The van der Waals surface area contributed by atoms with E-state index < -0.39 is 0 Å². The van der Waals surface area contributed by atoms with Gasteiger partial charge < -0.3 is 10.1 Å². The molecular weight excluding hydrogens is 370 g/mol. The molecule has 0 spiro atoms. The molecule has 1 saturated carbocycles. The fourth-order valence-electron chi connectivity index (χ4n) is 3.27. The molecule has 1 aliphatic carbocycles. The summed E-state index contributed by atoms with van der Waals surface area (Å²) in [6, 6.07) is 7.69. The van der Waals surface area contributed by atoms with E-state index in [2.05, 4.69) is 45.9 Å². The van der Waals surface area contributed by atoms with Crippen LogP contribution in [0.5, 0.6) is 11.8 Å². The number of hydrogen-bond donors (Lipinski definition) is 3. The van der Waals surface area contributed by atoms with Crippen LogP contribution in [0.1, 0.15) is 24.5 Å². The average Bonchev–Trinajstić information content (AvgIpc) is 3.29. The Morgan fingerprint density at radius 3 is 2.93 bits per heavy atom. The number of nitrogens with one attached hydrogen (secondary N) is 3. The number of benzene rings is 1. The van der Waals surface area contributed by atoms with Crippen LogP contribution < -0.4 is 10.1 Å². The van der Waals surface area contributed by atoms with Crippen LogP contribution in [0.2, 0.25) is 0 Å². The van der Waals surface area contributed by atoms with Gasteiger partial charge >= 0.3 is 6.01 Å². The van der Waals surface area contributed by atoms with Gasteiger partial charge in [-0.15, -0.1) is 5.10 Å². The van der Waals surface area contributed by atoms with E-state index in [0.29, 0.717) is 28.8 Å². The lowest BCUT2D eigenvalue weighted by Gasteiger charge is -2.10. The number of H-pyrrole nitrogens is 2. The number of fused-ring (bicyclic) bond motifs is 2. The van der Waals surface area contributed by atoms with Crippen molar-refractivity contribution in [2.75, 3.05) is 5.32 Å². The highest BCUT2D eigenvalue weighted by Gasteiger charge is 2.30. The van der Waals surface area contributed by atoms with Gasteiger partial charge in [-0.05, 0) is 37.1 Å². The largest absolute Gasteiger partial charge is 0.424 e. The molecule has 3 N–H and O–H groups in total. The van der Waals surface area contributed by atoms with Crippen LogP contribution in [0.4, 0.5) is 11.6 Å². The Morgan fingerprint density at radius 1 is 1.03 bits per heavy atom. The minimum absolute atomic E-state index is 0.215. The summed E-state index contributed by atoms with van der Waals surface area (Å²) in [7, 11) is 0. The zero-order chi connectivity index (χ0) is 19.2. The van der Waals surface area contributed by atoms with E-state index in [1.165, 1.54) is 0 Å². The van der Waals surface area contributed by atoms with Gasteiger partial charge in [0.1, 0.15) is 17.3 Å². The van der Waals surface area contributed by atoms with Crippen molar-refractivity contribution in [2.24, 2.45) is 0 Å². The van der Waals surface area contributed by atoms with Gasteiger partial charge in [0.2, 0.25) is 0 Å². The molecule has 5 aromatic rings. The van der Waals surface area contributed by atoms with Crippen LogP contribution >= 0.6 is 0 Å². The van der Waals surface area contributed by atoms with Gasteiger partial charge in [-0.2, -0.15) is 25.4 Å². The van der Waals surface area contributed by atoms with Gasteiger partial charge in [0.25, 0.3) is 0 Å². The van der Waals surface area contributed by atoms with Crippen molar-refractivity contribution in [1.29, 1.82) is 0 Å². The first kappa shape index (κ1) is 15.9. The third-order valence-electron chi connectivity index (χ3n) is 4.88. The summed E-state index contributed by atoms with van der Waals surface area (Å²) >= 11 is 0. The fourth-order valence-corrected chi connectivity index (χ4v) is 3.27. The lowest BCUT2D eigenvalue weighted by atomic mass is 10.2. The molecular formula is C19H15N9O. The Balaban J connectivity index is 1.40. The van der Waals surface area contributed by atoms with Crippen LogP contribution in [0.15, 0.2) is 42.9 Å². The lowest BCUT2D eigenvalue weighted by molar-refractivity contribution is 0.446. The van der Waals surface area contributed by atoms with E-state index in [4.69, 9.17) is 4.74 Å². The second-order valence-electron chi connectivity index (χ2n) is 6.93. The number of rotatable bonds is 5. The highest BCUT2D eigenvalue weighted by molar-refractivity contribution is 5.90. The number of ether oxygens (including phenoxy) is 1. The summed E-state index contributed by atoms with van der Waals surface area (Å²) in [4.78, 5) is 13.2. The standard InChI is InChI=1S/C19H15N9O/c1-2-10(1)16-18(27-28-26-16)23-17-13-5-6-20-9-15(13)22-19(24-17)29-12-3-4-14-11(7-12)8-21-25-14/h3-10H,1-2H2,(H,21,25)(H2,22,23,24,26,27,28). The Kier molecular flexibility index (Phi) is 3.42. The molecule has 10 heteroatoms. The van der Waals surface area contributed by atoms with Crippen LogP contribution in [-0.4, -0.2) is 40.6 Å². The Bertz CT molecular complexity index is 1340. The molecule has 10 nitrogen and oxygen atoms in total. The molecule has 0 radical (unpaired) electrons. The monoisotopic (exact) mass is 385 g/mol. The molecule has 29 heavy (non-hydrogen) atoms. The molecule has 1 aromatic carbocycles. The van der Waals surface area contributed by atoms with Crippen LogP contribution in [0.3, 0.4) is 0 Å². The molecule has 0 saturated heterocycles. The van der Waals surface area contributed by atoms with Gasteiger partial charge in [0.15, 0.2) is 5.82 Å². The van der Waals surface area contributed by atoms with Crippen molar-refractivity contribution in [3.8, 4) is 11.8 Å². The SMILES string of the molecule is c1cc2c(Nc3n[nH]nc3C3CC3)nc(Oc3ccc4[nH]ncc4c3)nc2cn1. The van der Waals surface area contributed by atoms with Gasteiger partial charge in [0.05, 0.1) is 23.4 Å². The van der Waals surface area contributed by atoms with E-state index in [1.54, 1.807) is 18.6 Å². The Hall–Kier alpha value is -4.08. The number of anilines is 2. The van der Waals surface area contributed by atoms with Crippen LogP contribution in [0, 0.1) is 0 Å². The smallest absolute Gasteiger partial charge is 0.324 e. The zero-order valence-electron chi connectivity index (χ0n) is 15.1. The third-order valence-corrected chi connectivity index (χ3v) is 4.88. The molecule has 0 bridgehead atoms.